The normalized spacial score (nSPS) is 19.7. The second kappa shape index (κ2) is 5.97. The van der Waals surface area contributed by atoms with E-state index in [1.807, 2.05) is 25.1 Å². The summed E-state index contributed by atoms with van der Waals surface area (Å²) < 4.78 is 26.8. The number of nitrogens with zero attached hydrogens (tertiary/aromatic N) is 1. The first-order chi connectivity index (χ1) is 9.69. The van der Waals surface area contributed by atoms with E-state index in [1.165, 1.54) is 5.56 Å². The Hall–Kier alpha value is -1.07. The van der Waals surface area contributed by atoms with Gasteiger partial charge in [-0.2, -0.15) is 0 Å². The molecule has 1 aliphatic rings. The average Bonchev–Trinajstić information content (AvgIpc) is 2.80. The second-order valence-corrected chi connectivity index (χ2v) is 14.6. The Bertz CT molecular complexity index is 617. The SMILES string of the molecule is CC1=CC(c2ccccc2)CN1S(=O)(=O)CC[Si](C)(C)C. The van der Waals surface area contributed by atoms with Gasteiger partial charge in [-0.25, -0.2) is 8.42 Å². The maximum absolute atomic E-state index is 12.6. The van der Waals surface area contributed by atoms with Gasteiger partial charge in [0, 0.05) is 26.2 Å². The topological polar surface area (TPSA) is 37.4 Å². The van der Waals surface area contributed by atoms with Gasteiger partial charge in [0.1, 0.15) is 0 Å². The zero-order chi connectivity index (χ0) is 15.7. The Morgan fingerprint density at radius 3 is 2.38 bits per heavy atom. The van der Waals surface area contributed by atoms with E-state index >= 15 is 0 Å². The van der Waals surface area contributed by atoms with Crippen LogP contribution in [-0.4, -0.2) is 33.1 Å². The van der Waals surface area contributed by atoms with Crippen molar-refractivity contribution in [2.75, 3.05) is 12.3 Å². The van der Waals surface area contributed by atoms with Crippen LogP contribution in [0.3, 0.4) is 0 Å². The van der Waals surface area contributed by atoms with Crippen molar-refractivity contribution in [2.45, 2.75) is 38.5 Å². The van der Waals surface area contributed by atoms with Gasteiger partial charge in [-0.05, 0) is 18.5 Å². The van der Waals surface area contributed by atoms with Crippen LogP contribution in [0.25, 0.3) is 0 Å². The van der Waals surface area contributed by atoms with Crippen molar-refractivity contribution in [3.8, 4) is 0 Å². The van der Waals surface area contributed by atoms with Crippen molar-refractivity contribution < 1.29 is 8.42 Å². The zero-order valence-corrected chi connectivity index (χ0v) is 15.2. The first-order valence-electron chi connectivity index (χ1n) is 7.43. The molecule has 0 radical (unpaired) electrons. The summed E-state index contributed by atoms with van der Waals surface area (Å²) in [7, 11) is -4.53. The molecule has 0 N–H and O–H groups in total. The molecule has 0 fully saturated rings. The molecule has 21 heavy (non-hydrogen) atoms. The zero-order valence-electron chi connectivity index (χ0n) is 13.3. The van der Waals surface area contributed by atoms with Crippen molar-refractivity contribution in [1.29, 1.82) is 0 Å². The molecule has 1 aliphatic heterocycles. The smallest absolute Gasteiger partial charge is 0.234 e. The predicted molar refractivity (Wildman–Crippen MR) is 91.6 cm³/mol. The van der Waals surface area contributed by atoms with Gasteiger partial charge in [-0.3, -0.25) is 4.31 Å². The fourth-order valence-corrected chi connectivity index (χ4v) is 7.12. The molecule has 1 aromatic rings. The van der Waals surface area contributed by atoms with Crippen LogP contribution in [0.4, 0.5) is 0 Å². The molecule has 0 bridgehead atoms. The van der Waals surface area contributed by atoms with E-state index in [4.69, 9.17) is 0 Å². The number of allylic oxidation sites excluding steroid dienone is 1. The number of hydrogen-bond donors (Lipinski definition) is 0. The third kappa shape index (κ3) is 4.20. The van der Waals surface area contributed by atoms with Gasteiger partial charge in [0.2, 0.25) is 10.0 Å². The second-order valence-electron chi connectivity index (χ2n) is 6.98. The molecule has 116 valence electrons. The highest BCUT2D eigenvalue weighted by molar-refractivity contribution is 7.89. The van der Waals surface area contributed by atoms with Crippen LogP contribution in [0.5, 0.6) is 0 Å². The molecule has 0 saturated carbocycles. The minimum absolute atomic E-state index is 0.174. The van der Waals surface area contributed by atoms with E-state index in [0.717, 1.165) is 11.7 Å². The van der Waals surface area contributed by atoms with Crippen molar-refractivity contribution >= 4 is 18.1 Å². The summed E-state index contributed by atoms with van der Waals surface area (Å²) >= 11 is 0. The molecule has 1 atom stereocenters. The van der Waals surface area contributed by atoms with E-state index in [9.17, 15) is 8.42 Å². The summed E-state index contributed by atoms with van der Waals surface area (Å²) in [5.41, 5.74) is 2.04. The lowest BCUT2D eigenvalue weighted by Crippen LogP contribution is -2.33. The lowest BCUT2D eigenvalue weighted by Gasteiger charge is -2.23. The molecule has 1 aromatic carbocycles. The molecular formula is C16H25NO2SSi. The fourth-order valence-electron chi connectivity index (χ4n) is 2.53. The van der Waals surface area contributed by atoms with Crippen LogP contribution >= 0.6 is 0 Å². The van der Waals surface area contributed by atoms with E-state index in [0.29, 0.717) is 6.54 Å². The largest absolute Gasteiger partial charge is 0.274 e. The number of sulfonamides is 1. The molecule has 1 heterocycles. The van der Waals surface area contributed by atoms with Gasteiger partial charge in [-0.1, -0.05) is 56.0 Å². The molecule has 0 saturated heterocycles. The lowest BCUT2D eigenvalue weighted by atomic mass is 10.0. The Labute approximate surface area is 129 Å². The van der Waals surface area contributed by atoms with Crippen molar-refractivity contribution in [1.82, 2.24) is 4.31 Å². The first kappa shape index (κ1) is 16.3. The number of benzene rings is 1. The van der Waals surface area contributed by atoms with E-state index in [-0.39, 0.29) is 11.7 Å². The van der Waals surface area contributed by atoms with Crippen LogP contribution in [0, 0.1) is 0 Å². The molecule has 5 heteroatoms. The van der Waals surface area contributed by atoms with Gasteiger partial charge in [0.05, 0.1) is 5.75 Å². The van der Waals surface area contributed by atoms with Gasteiger partial charge < -0.3 is 0 Å². The minimum Gasteiger partial charge on any atom is -0.274 e. The van der Waals surface area contributed by atoms with Crippen LogP contribution in [0.1, 0.15) is 18.4 Å². The minimum atomic E-state index is -3.18. The van der Waals surface area contributed by atoms with E-state index in [1.54, 1.807) is 4.31 Å². The molecule has 0 aliphatic carbocycles. The van der Waals surface area contributed by atoms with Gasteiger partial charge in [0.25, 0.3) is 0 Å². The molecule has 0 aromatic heterocycles. The summed E-state index contributed by atoms with van der Waals surface area (Å²) in [6, 6.07) is 10.9. The Balaban J connectivity index is 2.11. The Morgan fingerprint density at radius 1 is 1.19 bits per heavy atom. The molecule has 0 spiro atoms. The van der Waals surface area contributed by atoms with E-state index in [2.05, 4.69) is 37.8 Å². The molecule has 3 nitrogen and oxygen atoms in total. The highest BCUT2D eigenvalue weighted by Crippen LogP contribution is 2.31. The highest BCUT2D eigenvalue weighted by Gasteiger charge is 2.31. The van der Waals surface area contributed by atoms with Crippen LogP contribution < -0.4 is 0 Å². The van der Waals surface area contributed by atoms with Crippen LogP contribution in [-0.2, 0) is 10.0 Å². The maximum Gasteiger partial charge on any atom is 0.234 e. The summed E-state index contributed by atoms with van der Waals surface area (Å²) in [5, 5.41) is 0. The Kier molecular flexibility index (Phi) is 4.63. The standard InChI is InChI=1S/C16H25NO2SSi/c1-14-12-16(15-8-6-5-7-9-15)13-17(14)20(18,19)10-11-21(2,3)4/h5-9,12,16H,10-11,13H2,1-4H3. The summed E-state index contributed by atoms with van der Waals surface area (Å²) in [6.45, 7) is 9.07. The summed E-state index contributed by atoms with van der Waals surface area (Å²) in [5.74, 6) is 0.447. The fraction of sp³-hybridized carbons (Fsp3) is 0.500. The quantitative estimate of drug-likeness (QED) is 0.776. The molecule has 2 rings (SSSR count). The van der Waals surface area contributed by atoms with Gasteiger partial charge in [-0.15, -0.1) is 0 Å². The molecule has 0 amide bonds. The predicted octanol–water partition coefficient (Wildman–Crippen LogP) is 3.66. The lowest BCUT2D eigenvalue weighted by molar-refractivity contribution is 0.491. The highest BCUT2D eigenvalue weighted by atomic mass is 32.2. The maximum atomic E-state index is 12.6. The van der Waals surface area contributed by atoms with Gasteiger partial charge in [0.15, 0.2) is 0 Å². The van der Waals surface area contributed by atoms with E-state index < -0.39 is 18.1 Å². The molecule has 1 unspecified atom stereocenters. The molecular weight excluding hydrogens is 298 g/mol. The van der Waals surface area contributed by atoms with Crippen LogP contribution in [0.2, 0.25) is 25.7 Å². The third-order valence-corrected chi connectivity index (χ3v) is 7.81. The van der Waals surface area contributed by atoms with Crippen molar-refractivity contribution in [3.05, 3.63) is 47.7 Å². The number of rotatable bonds is 5. The number of hydrogen-bond acceptors (Lipinski definition) is 2. The monoisotopic (exact) mass is 323 g/mol. The van der Waals surface area contributed by atoms with Crippen molar-refractivity contribution in [2.24, 2.45) is 0 Å². The summed E-state index contributed by atoms with van der Waals surface area (Å²) in [6.07, 6.45) is 2.07. The van der Waals surface area contributed by atoms with Crippen LogP contribution in [0.15, 0.2) is 42.1 Å². The first-order valence-corrected chi connectivity index (χ1v) is 12.7. The Morgan fingerprint density at radius 2 is 1.81 bits per heavy atom. The third-order valence-electron chi connectivity index (χ3n) is 3.87. The summed E-state index contributed by atoms with van der Waals surface area (Å²) in [4.78, 5) is 0. The van der Waals surface area contributed by atoms with Crippen molar-refractivity contribution in [3.63, 3.8) is 0 Å². The average molecular weight is 324 g/mol. The van der Waals surface area contributed by atoms with Gasteiger partial charge >= 0.3 is 0 Å².